The van der Waals surface area contributed by atoms with Crippen LogP contribution in [0.3, 0.4) is 0 Å². The third kappa shape index (κ3) is 5.87. The van der Waals surface area contributed by atoms with Crippen molar-refractivity contribution in [2.45, 2.75) is 50.7 Å². The monoisotopic (exact) mass is 556 g/mol. The first-order valence-corrected chi connectivity index (χ1v) is 13.6. The second-order valence-corrected chi connectivity index (χ2v) is 10.9. The molecule has 8 nitrogen and oxygen atoms in total. The molecule has 5 rings (SSSR count). The van der Waals surface area contributed by atoms with Gasteiger partial charge in [-0.15, -0.1) is 0 Å². The quantitative estimate of drug-likeness (QED) is 0.414. The maximum Gasteiger partial charge on any atom is 0.261 e. The minimum absolute atomic E-state index is 0.000571. The molecule has 2 heterocycles. The summed E-state index contributed by atoms with van der Waals surface area (Å²) in [6.45, 7) is 1.74. The number of likely N-dealkylation sites (tertiary alicyclic amines) is 1. The van der Waals surface area contributed by atoms with Crippen LogP contribution in [0.15, 0.2) is 47.5 Å². The highest BCUT2D eigenvalue weighted by Crippen LogP contribution is 2.31. The Morgan fingerprint density at radius 1 is 1.05 bits per heavy atom. The molecular formula is C28H30Cl2N4O4. The van der Waals surface area contributed by atoms with Gasteiger partial charge in [0.1, 0.15) is 13.2 Å². The van der Waals surface area contributed by atoms with Crippen LogP contribution in [0.2, 0.25) is 10.0 Å². The Labute approximate surface area is 231 Å². The molecule has 10 heteroatoms. The molecule has 1 saturated heterocycles. The summed E-state index contributed by atoms with van der Waals surface area (Å²) in [7, 11) is 1.52. The number of piperidine rings is 1. The number of carbonyl (C=O) groups is 2. The van der Waals surface area contributed by atoms with E-state index in [0.29, 0.717) is 40.6 Å². The summed E-state index contributed by atoms with van der Waals surface area (Å²) in [6.07, 6.45) is 4.97. The Balaban J connectivity index is 1.32. The van der Waals surface area contributed by atoms with Crippen molar-refractivity contribution in [3.63, 3.8) is 0 Å². The van der Waals surface area contributed by atoms with Gasteiger partial charge in [0.2, 0.25) is 11.8 Å². The summed E-state index contributed by atoms with van der Waals surface area (Å²) in [4.78, 5) is 46.9. The molecule has 0 spiro atoms. The number of ether oxygens (including phenoxy) is 1. The van der Waals surface area contributed by atoms with Crippen LogP contribution < -0.4 is 5.56 Å². The average molecular weight is 557 g/mol. The fraction of sp³-hybridized carbons (Fsp3) is 0.429. The smallest absolute Gasteiger partial charge is 0.261 e. The van der Waals surface area contributed by atoms with Gasteiger partial charge in [0.25, 0.3) is 5.56 Å². The average Bonchev–Trinajstić information content (AvgIpc) is 3.76. The van der Waals surface area contributed by atoms with Crippen molar-refractivity contribution in [2.24, 2.45) is 0 Å². The molecule has 0 bridgehead atoms. The van der Waals surface area contributed by atoms with Gasteiger partial charge in [0.15, 0.2) is 0 Å². The standard InChI is InChI=1S/C28H30Cl2N4O4/c1-38-16-27(36)32-10-8-19(9-11-32)20-3-7-25-22(13-20)28(37)33(17-31-25)15-26(35)34(21-4-5-21)14-18-2-6-23(29)24(30)12-18/h2-3,6-7,12-13,17,19,21H,4-5,8-11,14-16H2,1H3. The van der Waals surface area contributed by atoms with Crippen LogP contribution in [0.25, 0.3) is 10.9 Å². The summed E-state index contributed by atoms with van der Waals surface area (Å²) in [5, 5.41) is 1.42. The minimum atomic E-state index is -0.233. The number of halogens is 2. The van der Waals surface area contributed by atoms with Crippen molar-refractivity contribution in [1.29, 1.82) is 0 Å². The van der Waals surface area contributed by atoms with Crippen LogP contribution in [0.4, 0.5) is 0 Å². The maximum atomic E-state index is 13.4. The summed E-state index contributed by atoms with van der Waals surface area (Å²) >= 11 is 12.2. The van der Waals surface area contributed by atoms with Crippen molar-refractivity contribution >= 4 is 45.9 Å². The van der Waals surface area contributed by atoms with Gasteiger partial charge >= 0.3 is 0 Å². The highest BCUT2D eigenvalue weighted by Gasteiger charge is 2.33. The van der Waals surface area contributed by atoms with E-state index in [9.17, 15) is 14.4 Å². The van der Waals surface area contributed by atoms with Gasteiger partial charge < -0.3 is 14.5 Å². The van der Waals surface area contributed by atoms with E-state index in [1.165, 1.54) is 18.0 Å². The number of fused-ring (bicyclic) bond motifs is 1. The Hall–Kier alpha value is -2.94. The molecule has 1 saturated carbocycles. The second-order valence-electron chi connectivity index (χ2n) is 10.0. The zero-order chi connectivity index (χ0) is 26.8. The number of carbonyl (C=O) groups excluding carboxylic acids is 2. The topological polar surface area (TPSA) is 84.7 Å². The number of rotatable bonds is 8. The summed E-state index contributed by atoms with van der Waals surface area (Å²) in [6, 6.07) is 11.3. The molecule has 2 aliphatic rings. The van der Waals surface area contributed by atoms with Crippen LogP contribution in [0.1, 0.15) is 42.7 Å². The van der Waals surface area contributed by atoms with Crippen LogP contribution in [0, 0.1) is 0 Å². The van der Waals surface area contributed by atoms with E-state index in [1.54, 1.807) is 12.1 Å². The van der Waals surface area contributed by atoms with Crippen LogP contribution in [-0.2, 0) is 27.4 Å². The lowest BCUT2D eigenvalue weighted by Crippen LogP contribution is -2.39. The molecular weight excluding hydrogens is 527 g/mol. The summed E-state index contributed by atoms with van der Waals surface area (Å²) < 4.78 is 6.36. The van der Waals surface area contributed by atoms with E-state index in [2.05, 4.69) is 4.98 Å². The van der Waals surface area contributed by atoms with Gasteiger partial charge in [-0.1, -0.05) is 35.3 Å². The third-order valence-corrected chi connectivity index (χ3v) is 8.12. The van der Waals surface area contributed by atoms with Gasteiger partial charge in [0, 0.05) is 32.8 Å². The molecule has 0 atom stereocenters. The largest absolute Gasteiger partial charge is 0.375 e. The molecule has 200 valence electrons. The fourth-order valence-corrected chi connectivity index (χ4v) is 5.42. The van der Waals surface area contributed by atoms with E-state index in [1.807, 2.05) is 34.1 Å². The normalized spacial score (nSPS) is 16.1. The molecule has 0 radical (unpaired) electrons. The lowest BCUT2D eigenvalue weighted by Gasteiger charge is -2.32. The molecule has 2 amide bonds. The number of amides is 2. The SMILES string of the molecule is COCC(=O)N1CCC(c2ccc3ncn(CC(=O)N(Cc4ccc(Cl)c(Cl)c4)C4CC4)c(=O)c3c2)CC1. The van der Waals surface area contributed by atoms with E-state index < -0.39 is 0 Å². The lowest BCUT2D eigenvalue weighted by molar-refractivity contribution is -0.136. The molecule has 2 fully saturated rings. The van der Waals surface area contributed by atoms with Crippen LogP contribution >= 0.6 is 23.2 Å². The Kier molecular flexibility index (Phi) is 8.02. The van der Waals surface area contributed by atoms with E-state index in [4.69, 9.17) is 27.9 Å². The third-order valence-electron chi connectivity index (χ3n) is 7.39. The second kappa shape index (κ2) is 11.4. The zero-order valence-electron chi connectivity index (χ0n) is 21.2. The van der Waals surface area contributed by atoms with Gasteiger partial charge in [-0.2, -0.15) is 0 Å². The zero-order valence-corrected chi connectivity index (χ0v) is 22.7. The number of nitrogens with zero attached hydrogens (tertiary/aromatic N) is 4. The first-order valence-electron chi connectivity index (χ1n) is 12.8. The maximum absolute atomic E-state index is 13.4. The number of aromatic nitrogens is 2. The number of hydrogen-bond acceptors (Lipinski definition) is 5. The summed E-state index contributed by atoms with van der Waals surface area (Å²) in [5.41, 5.74) is 2.31. The van der Waals surface area contributed by atoms with Crippen molar-refractivity contribution in [3.05, 3.63) is 74.3 Å². The molecule has 1 aliphatic heterocycles. The Morgan fingerprint density at radius 3 is 2.50 bits per heavy atom. The molecule has 3 aromatic rings. The first kappa shape index (κ1) is 26.7. The molecule has 0 N–H and O–H groups in total. The first-order chi connectivity index (χ1) is 18.3. The minimum Gasteiger partial charge on any atom is -0.375 e. The number of benzene rings is 2. The molecule has 2 aromatic carbocycles. The number of methoxy groups -OCH3 is 1. The van der Waals surface area contributed by atoms with Gasteiger partial charge in [-0.3, -0.25) is 19.0 Å². The predicted molar refractivity (Wildman–Crippen MR) is 146 cm³/mol. The van der Waals surface area contributed by atoms with E-state index in [0.717, 1.165) is 36.8 Å². The van der Waals surface area contributed by atoms with E-state index in [-0.39, 0.29) is 42.5 Å². The Bertz CT molecular complexity index is 1410. The summed E-state index contributed by atoms with van der Waals surface area (Å²) in [5.74, 6) is 0.115. The number of hydrogen-bond donors (Lipinski definition) is 0. The van der Waals surface area contributed by atoms with Gasteiger partial charge in [-0.25, -0.2) is 4.98 Å². The Morgan fingerprint density at radius 2 is 1.82 bits per heavy atom. The highest BCUT2D eigenvalue weighted by atomic mass is 35.5. The van der Waals surface area contributed by atoms with Crippen molar-refractivity contribution in [3.8, 4) is 0 Å². The van der Waals surface area contributed by atoms with Crippen LogP contribution in [0.5, 0.6) is 0 Å². The van der Waals surface area contributed by atoms with Crippen molar-refractivity contribution in [1.82, 2.24) is 19.4 Å². The fourth-order valence-electron chi connectivity index (χ4n) is 5.10. The van der Waals surface area contributed by atoms with Crippen LogP contribution in [-0.4, -0.2) is 64.0 Å². The predicted octanol–water partition coefficient (Wildman–Crippen LogP) is 4.25. The van der Waals surface area contributed by atoms with Gasteiger partial charge in [0.05, 0.1) is 27.3 Å². The van der Waals surface area contributed by atoms with Crippen molar-refractivity contribution in [2.75, 3.05) is 26.8 Å². The molecule has 0 unspecified atom stereocenters. The molecule has 1 aliphatic carbocycles. The lowest BCUT2D eigenvalue weighted by atomic mass is 9.89. The molecule has 38 heavy (non-hydrogen) atoms. The van der Waals surface area contributed by atoms with E-state index >= 15 is 0 Å². The highest BCUT2D eigenvalue weighted by molar-refractivity contribution is 6.42. The molecule has 1 aromatic heterocycles. The van der Waals surface area contributed by atoms with Gasteiger partial charge in [-0.05, 0) is 67.0 Å². The van der Waals surface area contributed by atoms with Crippen molar-refractivity contribution < 1.29 is 14.3 Å².